The normalized spacial score (nSPS) is 14.9. The van der Waals surface area contributed by atoms with Gasteiger partial charge in [-0.2, -0.15) is 13.2 Å². The van der Waals surface area contributed by atoms with E-state index in [1.165, 1.54) is 43.1 Å². The van der Waals surface area contributed by atoms with Gasteiger partial charge in [0.25, 0.3) is 5.56 Å². The molecule has 0 saturated carbocycles. The van der Waals surface area contributed by atoms with E-state index in [0.717, 1.165) is 23.5 Å². The average molecular weight is 661 g/mol. The van der Waals surface area contributed by atoms with Crippen LogP contribution in [0.25, 0.3) is 23.1 Å². The molecular weight excluding hydrogens is 633 g/mol. The van der Waals surface area contributed by atoms with Crippen molar-refractivity contribution >= 4 is 29.1 Å². The number of methoxy groups -OCH3 is 2. The molecule has 0 unspecified atom stereocenters. The summed E-state index contributed by atoms with van der Waals surface area (Å²) in [7, 11) is 2.99. The lowest BCUT2D eigenvalue weighted by atomic mass is 9.93. The van der Waals surface area contributed by atoms with Gasteiger partial charge in [0.15, 0.2) is 16.3 Å². The number of carbonyl (C=O) groups is 1. The molecule has 1 aliphatic heterocycles. The van der Waals surface area contributed by atoms with Crippen LogP contribution in [-0.2, 0) is 15.7 Å². The van der Waals surface area contributed by atoms with Gasteiger partial charge in [-0.3, -0.25) is 9.36 Å². The largest absolute Gasteiger partial charge is 0.493 e. The zero-order chi connectivity index (χ0) is 33.3. The number of carbonyl (C=O) groups excluding carboxylic acids is 1. The van der Waals surface area contributed by atoms with Crippen LogP contribution in [0.4, 0.5) is 13.2 Å². The molecule has 0 radical (unpaired) electrons. The van der Waals surface area contributed by atoms with E-state index in [2.05, 4.69) is 0 Å². The number of fused-ring (bicyclic) bond motifs is 1. The maximum Gasteiger partial charge on any atom is 0.416 e. The lowest BCUT2D eigenvalue weighted by molar-refractivity contribution is -0.139. The van der Waals surface area contributed by atoms with Crippen molar-refractivity contribution in [3.63, 3.8) is 0 Å². The van der Waals surface area contributed by atoms with Crippen molar-refractivity contribution in [3.05, 3.63) is 133 Å². The minimum absolute atomic E-state index is 0.0974. The molecule has 0 N–H and O–H groups in total. The number of furan rings is 1. The number of hydrogen-bond donors (Lipinski definition) is 0. The molecule has 240 valence electrons. The first kappa shape index (κ1) is 31.6. The molecule has 0 spiro atoms. The van der Waals surface area contributed by atoms with E-state index in [4.69, 9.17) is 23.6 Å². The number of thiazole rings is 1. The highest BCUT2D eigenvalue weighted by molar-refractivity contribution is 7.07. The van der Waals surface area contributed by atoms with Gasteiger partial charge < -0.3 is 18.6 Å². The van der Waals surface area contributed by atoms with Gasteiger partial charge >= 0.3 is 12.1 Å². The molecule has 5 aromatic rings. The number of aromatic nitrogens is 1. The highest BCUT2D eigenvalue weighted by Gasteiger charge is 2.36. The van der Waals surface area contributed by atoms with Crippen LogP contribution in [0, 0.1) is 0 Å². The number of hydrogen-bond acceptors (Lipinski definition) is 8. The Morgan fingerprint density at radius 1 is 0.957 bits per heavy atom. The van der Waals surface area contributed by atoms with E-state index in [1.54, 1.807) is 31.2 Å². The molecule has 2 aromatic heterocycles. The van der Waals surface area contributed by atoms with E-state index in [-0.39, 0.29) is 33.8 Å². The molecule has 47 heavy (non-hydrogen) atoms. The lowest BCUT2D eigenvalue weighted by Crippen LogP contribution is -2.40. The third-order valence-electron chi connectivity index (χ3n) is 7.47. The zero-order valence-corrected chi connectivity index (χ0v) is 26.1. The second-order valence-corrected chi connectivity index (χ2v) is 11.3. The third-order valence-corrected chi connectivity index (χ3v) is 8.45. The van der Waals surface area contributed by atoms with Crippen LogP contribution in [0.15, 0.2) is 105 Å². The summed E-state index contributed by atoms with van der Waals surface area (Å²) in [4.78, 5) is 33.0. The van der Waals surface area contributed by atoms with Crippen LogP contribution in [0.2, 0.25) is 0 Å². The molecule has 1 aliphatic rings. The van der Waals surface area contributed by atoms with E-state index in [9.17, 15) is 22.8 Å². The monoisotopic (exact) mass is 660 g/mol. The fourth-order valence-electron chi connectivity index (χ4n) is 5.34. The number of alkyl halides is 3. The Morgan fingerprint density at radius 2 is 1.70 bits per heavy atom. The van der Waals surface area contributed by atoms with E-state index in [1.807, 2.05) is 30.3 Å². The van der Waals surface area contributed by atoms with Crippen molar-refractivity contribution in [2.24, 2.45) is 4.99 Å². The van der Waals surface area contributed by atoms with Crippen LogP contribution in [0.5, 0.6) is 11.5 Å². The molecule has 0 bridgehead atoms. The number of esters is 1. The number of rotatable bonds is 8. The average Bonchev–Trinajstić information content (AvgIpc) is 3.67. The van der Waals surface area contributed by atoms with Gasteiger partial charge in [0.05, 0.1) is 48.2 Å². The Labute approximate surface area is 270 Å². The predicted molar refractivity (Wildman–Crippen MR) is 170 cm³/mol. The van der Waals surface area contributed by atoms with Gasteiger partial charge in [0.2, 0.25) is 0 Å². The van der Waals surface area contributed by atoms with Gasteiger partial charge in [-0.25, -0.2) is 9.79 Å². The quantitative estimate of drug-likeness (QED) is 0.183. The molecule has 1 atom stereocenters. The van der Waals surface area contributed by atoms with Crippen molar-refractivity contribution in [3.8, 4) is 22.8 Å². The van der Waals surface area contributed by atoms with Crippen molar-refractivity contribution < 1.29 is 36.6 Å². The molecule has 6 rings (SSSR count). The fraction of sp³-hybridized carbons (Fsp3) is 0.171. The molecule has 0 amide bonds. The Bertz CT molecular complexity index is 2180. The molecule has 0 saturated heterocycles. The highest BCUT2D eigenvalue weighted by Crippen LogP contribution is 2.38. The van der Waals surface area contributed by atoms with E-state index in [0.29, 0.717) is 33.1 Å². The summed E-state index contributed by atoms with van der Waals surface area (Å²) in [6, 6.07) is 21.2. The van der Waals surface area contributed by atoms with Crippen molar-refractivity contribution in [1.82, 2.24) is 4.57 Å². The van der Waals surface area contributed by atoms with Crippen LogP contribution in [-0.4, -0.2) is 31.4 Å². The zero-order valence-electron chi connectivity index (χ0n) is 25.3. The van der Waals surface area contributed by atoms with Crippen LogP contribution in [0.3, 0.4) is 0 Å². The summed E-state index contributed by atoms with van der Waals surface area (Å²) in [6.45, 7) is 1.79. The van der Waals surface area contributed by atoms with Crippen LogP contribution in [0.1, 0.15) is 35.4 Å². The second-order valence-electron chi connectivity index (χ2n) is 10.3. The third kappa shape index (κ3) is 6.11. The fourth-order valence-corrected chi connectivity index (χ4v) is 6.32. The molecule has 0 fully saturated rings. The SMILES string of the molecule is CCOC(=O)C1=C(c2ccccc2)N=c2s/c(=C\c3ccc(-c4cccc(C(F)(F)F)c4)o3)c(=O)n2[C@@H]1c1ccc(OC)c(OC)c1. The van der Waals surface area contributed by atoms with Crippen LogP contribution < -0.4 is 24.4 Å². The Kier molecular flexibility index (Phi) is 8.61. The van der Waals surface area contributed by atoms with Gasteiger partial charge in [-0.15, -0.1) is 0 Å². The number of halogens is 3. The number of nitrogens with zero attached hydrogens (tertiary/aromatic N) is 2. The standard InChI is InChI=1S/C35H27F3N2O6S/c1-4-45-33(42)29-30(20-9-6-5-7-10-20)39-34-40(31(29)22-13-15-26(43-2)27(18-22)44-3)32(41)28(47-34)19-24-14-16-25(46-24)21-11-8-12-23(17-21)35(36,37)38/h5-19,31H,4H2,1-3H3/b28-19-/t31-/m1/s1. The first-order valence-electron chi connectivity index (χ1n) is 14.4. The van der Waals surface area contributed by atoms with Gasteiger partial charge in [-0.05, 0) is 48.9 Å². The molecule has 0 aliphatic carbocycles. The predicted octanol–water partition coefficient (Wildman–Crippen LogP) is 6.23. The molecule has 3 heterocycles. The molecule has 12 heteroatoms. The summed E-state index contributed by atoms with van der Waals surface area (Å²) in [6.07, 6.45) is -3.01. The van der Waals surface area contributed by atoms with Gasteiger partial charge in [-0.1, -0.05) is 59.9 Å². The molecule has 3 aromatic carbocycles. The first-order valence-corrected chi connectivity index (χ1v) is 15.2. The minimum atomic E-state index is -4.51. The smallest absolute Gasteiger partial charge is 0.416 e. The second kappa shape index (κ2) is 12.8. The summed E-state index contributed by atoms with van der Waals surface area (Å²) in [5.74, 6) is 0.669. The van der Waals surface area contributed by atoms with Crippen LogP contribution >= 0.6 is 11.3 Å². The minimum Gasteiger partial charge on any atom is -0.493 e. The topological polar surface area (TPSA) is 92.3 Å². The summed E-state index contributed by atoms with van der Waals surface area (Å²) >= 11 is 1.09. The first-order chi connectivity index (χ1) is 22.6. The van der Waals surface area contributed by atoms with Gasteiger partial charge in [0, 0.05) is 17.2 Å². The number of ether oxygens (including phenoxy) is 3. The maximum atomic E-state index is 14.2. The Morgan fingerprint density at radius 3 is 2.40 bits per heavy atom. The summed E-state index contributed by atoms with van der Waals surface area (Å²) in [5.41, 5.74) is 0.681. The summed E-state index contributed by atoms with van der Waals surface area (Å²) < 4.78 is 63.9. The Balaban J connectivity index is 1.55. The van der Waals surface area contributed by atoms with Crippen molar-refractivity contribution in [2.75, 3.05) is 20.8 Å². The van der Waals surface area contributed by atoms with Crippen molar-refractivity contribution in [2.45, 2.75) is 19.1 Å². The van der Waals surface area contributed by atoms with Crippen molar-refractivity contribution in [1.29, 1.82) is 0 Å². The summed E-state index contributed by atoms with van der Waals surface area (Å²) in [5, 5.41) is 0. The maximum absolute atomic E-state index is 14.2. The Hall–Kier alpha value is -5.36. The molecule has 8 nitrogen and oxygen atoms in total. The molecular formula is C35H27F3N2O6S. The lowest BCUT2D eigenvalue weighted by Gasteiger charge is -2.26. The van der Waals surface area contributed by atoms with E-state index >= 15 is 0 Å². The van der Waals surface area contributed by atoms with Gasteiger partial charge in [0.1, 0.15) is 11.5 Å². The van der Waals surface area contributed by atoms with E-state index < -0.39 is 29.3 Å². The highest BCUT2D eigenvalue weighted by atomic mass is 32.1. The number of benzene rings is 3.